The van der Waals surface area contributed by atoms with Gasteiger partial charge in [0.2, 0.25) is 11.0 Å². The molecule has 0 radical (unpaired) electrons. The minimum Gasteiger partial charge on any atom is -0.374 e. The second-order valence-corrected chi connectivity index (χ2v) is 7.17. The van der Waals surface area contributed by atoms with Crippen molar-refractivity contribution in [1.29, 1.82) is 0 Å². The summed E-state index contributed by atoms with van der Waals surface area (Å²) in [5.41, 5.74) is 5.53. The smallest absolute Gasteiger partial charge is 0.241 e. The van der Waals surface area contributed by atoms with E-state index in [0.29, 0.717) is 24.6 Å². The lowest BCUT2D eigenvalue weighted by Gasteiger charge is -2.18. The highest BCUT2D eigenvalue weighted by molar-refractivity contribution is 7.15. The average molecular weight is 365 g/mol. The summed E-state index contributed by atoms with van der Waals surface area (Å²) in [5.74, 6) is 0.607. The summed E-state index contributed by atoms with van der Waals surface area (Å²) < 4.78 is 1.57. The fourth-order valence-corrected chi connectivity index (χ4v) is 3.43. The molecule has 1 aliphatic rings. The van der Waals surface area contributed by atoms with Gasteiger partial charge in [-0.05, 0) is 36.4 Å². The maximum absolute atomic E-state index is 12.1. The van der Waals surface area contributed by atoms with Crippen molar-refractivity contribution in [1.82, 2.24) is 40.6 Å². The first-order valence-corrected chi connectivity index (χ1v) is 9.34. The van der Waals surface area contributed by atoms with Crippen molar-refractivity contribution in [3.05, 3.63) is 10.8 Å². The van der Waals surface area contributed by atoms with Crippen LogP contribution in [0.2, 0.25) is 0 Å². The number of tetrazole rings is 1. The molecule has 10 nitrogen and oxygen atoms in total. The van der Waals surface area contributed by atoms with Gasteiger partial charge in [0.1, 0.15) is 11.6 Å². The minimum atomic E-state index is -0.123. The first-order chi connectivity index (χ1) is 12.2. The summed E-state index contributed by atoms with van der Waals surface area (Å²) in [6.45, 7) is 3.41. The van der Waals surface area contributed by atoms with Crippen molar-refractivity contribution >= 4 is 22.4 Å². The van der Waals surface area contributed by atoms with Gasteiger partial charge in [-0.25, -0.2) is 4.68 Å². The van der Waals surface area contributed by atoms with Crippen LogP contribution in [0.25, 0.3) is 0 Å². The number of hydrogen-bond donors (Lipinski definition) is 2. The van der Waals surface area contributed by atoms with Crippen LogP contribution in [0.1, 0.15) is 36.5 Å². The second-order valence-electron chi connectivity index (χ2n) is 6.08. The van der Waals surface area contributed by atoms with Crippen LogP contribution >= 0.6 is 11.3 Å². The zero-order valence-corrected chi connectivity index (χ0v) is 14.9. The van der Waals surface area contributed by atoms with E-state index in [2.05, 4.69) is 35.9 Å². The van der Waals surface area contributed by atoms with Crippen LogP contribution in [0.4, 0.5) is 5.13 Å². The molecule has 25 heavy (non-hydrogen) atoms. The molecular formula is C14H23N9OS. The molecular weight excluding hydrogens is 342 g/mol. The van der Waals surface area contributed by atoms with E-state index in [-0.39, 0.29) is 12.5 Å². The van der Waals surface area contributed by atoms with Crippen LogP contribution < -0.4 is 11.1 Å². The Morgan fingerprint density at radius 3 is 2.68 bits per heavy atom. The molecule has 3 rings (SSSR count). The van der Waals surface area contributed by atoms with Gasteiger partial charge in [0.25, 0.3) is 0 Å². The summed E-state index contributed by atoms with van der Waals surface area (Å²) in [6.07, 6.45) is 5.58. The summed E-state index contributed by atoms with van der Waals surface area (Å²) in [4.78, 5) is 14.5. The van der Waals surface area contributed by atoms with E-state index >= 15 is 0 Å². The third kappa shape index (κ3) is 5.43. The normalized spacial score (nSPS) is 15.8. The summed E-state index contributed by atoms with van der Waals surface area (Å²) in [7, 11) is 0. The van der Waals surface area contributed by atoms with Crippen LogP contribution in [0.15, 0.2) is 0 Å². The van der Waals surface area contributed by atoms with Crippen molar-refractivity contribution in [2.75, 3.05) is 25.4 Å². The number of likely N-dealkylation sites (tertiary alicyclic amines) is 1. The van der Waals surface area contributed by atoms with Gasteiger partial charge in [-0.2, -0.15) is 0 Å². The number of rotatable bonds is 7. The number of carbonyl (C=O) groups is 1. The zero-order chi connectivity index (χ0) is 17.5. The molecule has 0 saturated carbocycles. The van der Waals surface area contributed by atoms with E-state index in [1.165, 1.54) is 37.0 Å². The Balaban J connectivity index is 1.45. The van der Waals surface area contributed by atoms with Gasteiger partial charge in [-0.3, -0.25) is 9.69 Å². The quantitative estimate of drug-likeness (QED) is 0.693. The van der Waals surface area contributed by atoms with Crippen LogP contribution in [0, 0.1) is 0 Å². The number of nitrogens with zero attached hydrogens (tertiary/aromatic N) is 7. The molecule has 2 aromatic rings. The molecule has 1 amide bonds. The Bertz CT molecular complexity index is 677. The highest BCUT2D eigenvalue weighted by Crippen LogP contribution is 2.12. The number of aromatic nitrogens is 6. The van der Waals surface area contributed by atoms with Crippen LogP contribution in [0.3, 0.4) is 0 Å². The predicted molar refractivity (Wildman–Crippen MR) is 92.6 cm³/mol. The van der Waals surface area contributed by atoms with Gasteiger partial charge < -0.3 is 11.1 Å². The van der Waals surface area contributed by atoms with Crippen molar-refractivity contribution in [3.63, 3.8) is 0 Å². The lowest BCUT2D eigenvalue weighted by atomic mass is 10.2. The fourth-order valence-electron chi connectivity index (χ4n) is 2.82. The molecule has 0 unspecified atom stereocenters. The molecule has 1 aliphatic heterocycles. The Morgan fingerprint density at radius 1 is 1.16 bits per heavy atom. The zero-order valence-electron chi connectivity index (χ0n) is 14.1. The van der Waals surface area contributed by atoms with Gasteiger partial charge in [-0.1, -0.05) is 24.2 Å². The van der Waals surface area contributed by atoms with E-state index in [0.717, 1.165) is 23.9 Å². The first kappa shape index (κ1) is 17.7. The summed E-state index contributed by atoms with van der Waals surface area (Å²) >= 11 is 1.33. The molecule has 136 valence electrons. The Hall–Kier alpha value is -2.14. The lowest BCUT2D eigenvalue weighted by molar-refractivity contribution is -0.121. The molecule has 11 heteroatoms. The molecule has 0 spiro atoms. The Labute approximate surface area is 149 Å². The molecule has 0 aliphatic carbocycles. The molecule has 2 aromatic heterocycles. The number of amides is 1. The maximum Gasteiger partial charge on any atom is 0.241 e. The Morgan fingerprint density at radius 2 is 1.96 bits per heavy atom. The molecule has 0 aromatic carbocycles. The van der Waals surface area contributed by atoms with E-state index in [4.69, 9.17) is 5.73 Å². The van der Waals surface area contributed by atoms with Crippen LogP contribution in [-0.2, 0) is 24.3 Å². The SMILES string of the molecule is Nc1nnc(CCNC(=O)Cn2nnnc2CN2CCCCCC2)s1. The second kappa shape index (κ2) is 8.81. The topological polar surface area (TPSA) is 128 Å². The number of nitrogens with one attached hydrogen (secondary N) is 1. The van der Waals surface area contributed by atoms with E-state index < -0.39 is 0 Å². The predicted octanol–water partition coefficient (Wildman–Crippen LogP) is -0.158. The summed E-state index contributed by atoms with van der Waals surface area (Å²) in [6, 6.07) is 0. The van der Waals surface area contributed by atoms with Crippen molar-refractivity contribution in [3.8, 4) is 0 Å². The minimum absolute atomic E-state index is 0.119. The lowest BCUT2D eigenvalue weighted by Crippen LogP contribution is -2.32. The fraction of sp³-hybridized carbons (Fsp3) is 0.714. The Kier molecular flexibility index (Phi) is 6.23. The molecule has 1 saturated heterocycles. The number of nitrogens with two attached hydrogens (primary N) is 1. The third-order valence-corrected chi connectivity index (χ3v) is 4.92. The van der Waals surface area contributed by atoms with Crippen LogP contribution in [0.5, 0.6) is 0 Å². The van der Waals surface area contributed by atoms with E-state index in [1.54, 1.807) is 4.68 Å². The van der Waals surface area contributed by atoms with Crippen molar-refractivity contribution in [2.45, 2.75) is 45.2 Å². The summed E-state index contributed by atoms with van der Waals surface area (Å²) in [5, 5.41) is 23.5. The van der Waals surface area contributed by atoms with Gasteiger partial charge in [0.15, 0.2) is 5.82 Å². The van der Waals surface area contributed by atoms with Crippen LogP contribution in [-0.4, -0.2) is 60.8 Å². The molecule has 0 bridgehead atoms. The maximum atomic E-state index is 12.1. The average Bonchev–Trinajstić information content (AvgIpc) is 3.10. The van der Waals surface area contributed by atoms with Crippen molar-refractivity contribution in [2.24, 2.45) is 0 Å². The standard InChI is InChI=1S/C14H23N9OS/c15-14-19-18-13(25-14)5-6-16-12(24)10-23-11(17-20-21-23)9-22-7-3-1-2-4-8-22/h1-10H2,(H2,15,19)(H,16,24). The monoisotopic (exact) mass is 365 g/mol. The molecule has 1 fully saturated rings. The number of nitrogen functional groups attached to an aromatic ring is 1. The first-order valence-electron chi connectivity index (χ1n) is 8.52. The molecule has 0 atom stereocenters. The van der Waals surface area contributed by atoms with Gasteiger partial charge in [0, 0.05) is 13.0 Å². The van der Waals surface area contributed by atoms with Gasteiger partial charge in [0.05, 0.1) is 6.54 Å². The van der Waals surface area contributed by atoms with Gasteiger partial charge in [-0.15, -0.1) is 15.3 Å². The number of carbonyl (C=O) groups excluding carboxylic acids is 1. The molecule has 3 heterocycles. The van der Waals surface area contributed by atoms with Crippen molar-refractivity contribution < 1.29 is 4.79 Å². The van der Waals surface area contributed by atoms with Gasteiger partial charge >= 0.3 is 0 Å². The highest BCUT2D eigenvalue weighted by atomic mass is 32.1. The largest absolute Gasteiger partial charge is 0.374 e. The van der Waals surface area contributed by atoms with E-state index in [9.17, 15) is 4.79 Å². The number of hydrogen-bond acceptors (Lipinski definition) is 9. The third-order valence-electron chi connectivity index (χ3n) is 4.11. The molecule has 3 N–H and O–H groups in total. The number of anilines is 1. The highest BCUT2D eigenvalue weighted by Gasteiger charge is 2.15. The van der Waals surface area contributed by atoms with E-state index in [1.807, 2.05) is 0 Å².